The van der Waals surface area contributed by atoms with Crippen molar-refractivity contribution in [3.05, 3.63) is 69.2 Å². The zero-order chi connectivity index (χ0) is 13.0. The van der Waals surface area contributed by atoms with E-state index in [1.807, 2.05) is 42.5 Å². The van der Waals surface area contributed by atoms with Crippen LogP contribution < -0.4 is 0 Å². The third-order valence-corrected chi connectivity index (χ3v) is 3.28. The molecule has 0 bridgehead atoms. The molecule has 90 valence electrons. The summed E-state index contributed by atoms with van der Waals surface area (Å²) in [5, 5.41) is 0.684. The van der Waals surface area contributed by atoms with Gasteiger partial charge < -0.3 is 0 Å². The minimum absolute atomic E-state index is 0.643. The Balaban J connectivity index is 2.36. The summed E-state index contributed by atoms with van der Waals surface area (Å²) in [4.78, 5) is 11.2. The van der Waals surface area contributed by atoms with Gasteiger partial charge in [-0.1, -0.05) is 51.8 Å². The predicted molar refractivity (Wildman–Crippen MR) is 79.5 cm³/mol. The third kappa shape index (κ3) is 3.31. The summed E-state index contributed by atoms with van der Waals surface area (Å²) in [5.74, 6) is 0. The number of carbonyl (C=O) groups is 1. The lowest BCUT2D eigenvalue weighted by Crippen LogP contribution is -1.85. The summed E-state index contributed by atoms with van der Waals surface area (Å²) in [6.07, 6.45) is 2.70. The van der Waals surface area contributed by atoms with Crippen LogP contribution >= 0.6 is 27.5 Å². The van der Waals surface area contributed by atoms with Crippen molar-refractivity contribution in [3.63, 3.8) is 0 Å². The van der Waals surface area contributed by atoms with Crippen LogP contribution in [0.4, 0.5) is 0 Å². The summed E-state index contributed by atoms with van der Waals surface area (Å²) in [7, 11) is 0. The van der Waals surface area contributed by atoms with E-state index in [4.69, 9.17) is 11.6 Å². The SMILES string of the molecule is O=C/C(=C\c1ccc(Cl)cc1)c1ccc(Br)cc1. The molecule has 0 fully saturated rings. The molecule has 18 heavy (non-hydrogen) atoms. The molecule has 0 unspecified atom stereocenters. The number of carbonyl (C=O) groups excluding carboxylic acids is 1. The van der Waals surface area contributed by atoms with E-state index in [-0.39, 0.29) is 0 Å². The molecule has 0 aliphatic rings. The molecular formula is C15H10BrClO. The number of allylic oxidation sites excluding steroid dienone is 1. The first-order valence-corrected chi connectivity index (χ1v) is 6.54. The maximum atomic E-state index is 11.2. The summed E-state index contributed by atoms with van der Waals surface area (Å²) >= 11 is 9.19. The minimum Gasteiger partial charge on any atom is -0.298 e. The van der Waals surface area contributed by atoms with Gasteiger partial charge in [0.2, 0.25) is 0 Å². The van der Waals surface area contributed by atoms with E-state index < -0.39 is 0 Å². The molecule has 0 radical (unpaired) electrons. The van der Waals surface area contributed by atoms with Gasteiger partial charge in [0.25, 0.3) is 0 Å². The van der Waals surface area contributed by atoms with Crippen LogP contribution in [0.5, 0.6) is 0 Å². The minimum atomic E-state index is 0.643. The molecule has 0 aliphatic heterocycles. The van der Waals surface area contributed by atoms with Crippen LogP contribution in [-0.2, 0) is 4.79 Å². The van der Waals surface area contributed by atoms with Gasteiger partial charge in [-0.25, -0.2) is 0 Å². The first-order valence-electron chi connectivity index (χ1n) is 5.37. The van der Waals surface area contributed by atoms with Crippen LogP contribution in [0.3, 0.4) is 0 Å². The topological polar surface area (TPSA) is 17.1 Å². The molecule has 3 heteroatoms. The van der Waals surface area contributed by atoms with Crippen molar-refractivity contribution in [2.75, 3.05) is 0 Å². The monoisotopic (exact) mass is 320 g/mol. The van der Waals surface area contributed by atoms with E-state index in [1.165, 1.54) is 0 Å². The second kappa shape index (κ2) is 5.98. The predicted octanol–water partition coefficient (Wildman–Crippen LogP) is 4.84. The van der Waals surface area contributed by atoms with Gasteiger partial charge in [-0.15, -0.1) is 0 Å². The van der Waals surface area contributed by atoms with E-state index in [0.717, 1.165) is 21.9 Å². The highest BCUT2D eigenvalue weighted by molar-refractivity contribution is 9.10. The molecule has 0 spiro atoms. The van der Waals surface area contributed by atoms with Crippen molar-refractivity contribution in [2.24, 2.45) is 0 Å². The molecule has 0 saturated heterocycles. The van der Waals surface area contributed by atoms with E-state index in [2.05, 4.69) is 15.9 Å². The average Bonchev–Trinajstić information content (AvgIpc) is 2.39. The number of aldehydes is 1. The zero-order valence-electron chi connectivity index (χ0n) is 9.44. The van der Waals surface area contributed by atoms with Crippen LogP contribution in [0.25, 0.3) is 11.6 Å². The van der Waals surface area contributed by atoms with E-state index in [9.17, 15) is 4.79 Å². The molecular weight excluding hydrogens is 312 g/mol. The molecule has 2 aromatic rings. The van der Waals surface area contributed by atoms with Gasteiger partial charge in [0.1, 0.15) is 0 Å². The molecule has 0 amide bonds. The molecule has 2 rings (SSSR count). The second-order valence-corrected chi connectivity index (χ2v) is 5.13. The van der Waals surface area contributed by atoms with Crippen molar-refractivity contribution in [1.29, 1.82) is 0 Å². The number of hydrogen-bond acceptors (Lipinski definition) is 1. The molecule has 0 atom stereocenters. The van der Waals surface area contributed by atoms with Crippen LogP contribution in [-0.4, -0.2) is 6.29 Å². The third-order valence-electron chi connectivity index (χ3n) is 2.50. The number of rotatable bonds is 3. The lowest BCUT2D eigenvalue weighted by atomic mass is 10.0. The Morgan fingerprint density at radius 2 is 1.61 bits per heavy atom. The fraction of sp³-hybridized carbons (Fsp3) is 0. The standard InChI is InChI=1S/C15H10BrClO/c16-14-5-3-12(4-6-14)13(10-18)9-11-1-7-15(17)8-2-11/h1-10H/b13-9+. The van der Waals surface area contributed by atoms with Crippen LogP contribution in [0.2, 0.25) is 5.02 Å². The van der Waals surface area contributed by atoms with Gasteiger partial charge in [0, 0.05) is 15.1 Å². The lowest BCUT2D eigenvalue weighted by Gasteiger charge is -2.01. The Morgan fingerprint density at radius 1 is 1.00 bits per heavy atom. The second-order valence-electron chi connectivity index (χ2n) is 3.78. The molecule has 0 aromatic heterocycles. The van der Waals surface area contributed by atoms with Crippen molar-refractivity contribution in [2.45, 2.75) is 0 Å². The van der Waals surface area contributed by atoms with E-state index >= 15 is 0 Å². The Labute approximate surface area is 119 Å². The van der Waals surface area contributed by atoms with Gasteiger partial charge in [-0.05, 0) is 41.5 Å². The Hall–Kier alpha value is -1.38. The highest BCUT2D eigenvalue weighted by atomic mass is 79.9. The number of halogens is 2. The molecule has 0 N–H and O–H groups in total. The zero-order valence-corrected chi connectivity index (χ0v) is 11.8. The molecule has 1 nitrogen and oxygen atoms in total. The fourth-order valence-corrected chi connectivity index (χ4v) is 1.96. The van der Waals surface area contributed by atoms with E-state index in [0.29, 0.717) is 10.6 Å². The first-order chi connectivity index (χ1) is 8.69. The van der Waals surface area contributed by atoms with Crippen molar-refractivity contribution >= 4 is 45.5 Å². The van der Waals surface area contributed by atoms with Gasteiger partial charge >= 0.3 is 0 Å². The quantitative estimate of drug-likeness (QED) is 0.449. The number of benzene rings is 2. The summed E-state index contributed by atoms with van der Waals surface area (Å²) in [5.41, 5.74) is 2.48. The van der Waals surface area contributed by atoms with Crippen LogP contribution in [0, 0.1) is 0 Å². The smallest absolute Gasteiger partial charge is 0.150 e. The van der Waals surface area contributed by atoms with Gasteiger partial charge in [-0.2, -0.15) is 0 Å². The maximum Gasteiger partial charge on any atom is 0.150 e. The van der Waals surface area contributed by atoms with Gasteiger partial charge in [0.15, 0.2) is 6.29 Å². The Kier molecular flexibility index (Phi) is 4.34. The fourth-order valence-electron chi connectivity index (χ4n) is 1.57. The number of hydrogen-bond donors (Lipinski definition) is 0. The highest BCUT2D eigenvalue weighted by Gasteiger charge is 2.00. The van der Waals surface area contributed by atoms with Crippen LogP contribution in [0.1, 0.15) is 11.1 Å². The van der Waals surface area contributed by atoms with Crippen molar-refractivity contribution in [1.82, 2.24) is 0 Å². The largest absolute Gasteiger partial charge is 0.298 e. The first kappa shape index (κ1) is 13.1. The molecule has 2 aromatic carbocycles. The van der Waals surface area contributed by atoms with Crippen LogP contribution in [0.15, 0.2) is 53.0 Å². The Bertz CT molecular complexity index is 570. The molecule has 0 aliphatic carbocycles. The molecule has 0 saturated carbocycles. The highest BCUT2D eigenvalue weighted by Crippen LogP contribution is 2.20. The van der Waals surface area contributed by atoms with E-state index in [1.54, 1.807) is 12.1 Å². The van der Waals surface area contributed by atoms with Gasteiger partial charge in [0.05, 0.1) is 0 Å². The summed E-state index contributed by atoms with van der Waals surface area (Å²) in [6.45, 7) is 0. The maximum absolute atomic E-state index is 11.2. The summed E-state index contributed by atoms with van der Waals surface area (Å²) in [6, 6.07) is 15.0. The normalized spacial score (nSPS) is 11.3. The summed E-state index contributed by atoms with van der Waals surface area (Å²) < 4.78 is 0.989. The molecule has 0 heterocycles. The van der Waals surface area contributed by atoms with Crippen molar-refractivity contribution in [3.8, 4) is 0 Å². The lowest BCUT2D eigenvalue weighted by molar-refractivity contribution is -0.103. The van der Waals surface area contributed by atoms with Crippen molar-refractivity contribution < 1.29 is 4.79 Å². The average molecular weight is 322 g/mol. The Morgan fingerprint density at radius 3 is 2.17 bits per heavy atom. The van der Waals surface area contributed by atoms with Gasteiger partial charge in [-0.3, -0.25) is 4.79 Å².